The summed E-state index contributed by atoms with van der Waals surface area (Å²) in [7, 11) is 2.98. The number of benzene rings is 2. The lowest BCUT2D eigenvalue weighted by atomic mass is 9.67. The molecular weight excluding hydrogens is 616 g/mol. The lowest BCUT2D eigenvalue weighted by Crippen LogP contribution is -2.55. The van der Waals surface area contributed by atoms with Gasteiger partial charge in [-0.05, 0) is 74.3 Å². The van der Waals surface area contributed by atoms with Crippen molar-refractivity contribution in [3.8, 4) is 0 Å². The number of methoxy groups -OCH3 is 2. The van der Waals surface area contributed by atoms with Crippen LogP contribution in [0.2, 0.25) is 0 Å². The quantitative estimate of drug-likeness (QED) is 0.0797. The number of ether oxygens (including phenoxy) is 3. The Morgan fingerprint density at radius 3 is 2.39 bits per heavy atom. The number of nitrogens with zero attached hydrogens (tertiary/aromatic N) is 2. The Bertz CT molecular complexity index is 1500. The molecule has 1 amide bonds. The number of hydrogen-bond acceptors (Lipinski definition) is 7. The van der Waals surface area contributed by atoms with E-state index in [1.54, 1.807) is 19.4 Å². The fourth-order valence-corrected chi connectivity index (χ4v) is 8.37. The maximum Gasteiger partial charge on any atom is 0.337 e. The molecule has 1 unspecified atom stereocenters. The van der Waals surface area contributed by atoms with Crippen LogP contribution in [-0.2, 0) is 34.0 Å². The number of amides is 1. The zero-order valence-electron chi connectivity index (χ0n) is 29.8. The van der Waals surface area contributed by atoms with Gasteiger partial charge in [-0.1, -0.05) is 93.5 Å². The number of para-hydroxylation sites is 1. The van der Waals surface area contributed by atoms with Gasteiger partial charge in [-0.15, -0.1) is 0 Å². The number of aryl methyl sites for hydroxylation is 1. The molecule has 2 aromatic carbocycles. The Morgan fingerprint density at radius 2 is 1.67 bits per heavy atom. The predicted molar refractivity (Wildman–Crippen MR) is 193 cm³/mol. The number of carbonyl (C=O) groups excluding carboxylic acids is 3. The van der Waals surface area contributed by atoms with E-state index in [0.717, 1.165) is 94.1 Å². The number of piperidine rings is 1. The molecule has 0 aromatic heterocycles. The van der Waals surface area contributed by atoms with Gasteiger partial charge in [0, 0.05) is 30.9 Å². The van der Waals surface area contributed by atoms with E-state index < -0.39 is 5.41 Å². The standard InChI is InChI=1S/C41H54N2O6/c1-5-32-28-42-25-23-41(37(42)27-33(32)34(29-47-3)39(45)48-4)35-15-11-12-16-36(35)43(40(41)46)24-13-9-7-6-8-10-14-26-49-38(44)22-21-31-19-17-30(2)18-20-31/h11-12,15-22,29,32-33,37H,5-10,13-14,23-28H2,1-4H3/b22-21?,34-29+/t32-,33-,37?,41+/m0/s1. The first-order valence-electron chi connectivity index (χ1n) is 18.2. The summed E-state index contributed by atoms with van der Waals surface area (Å²) < 4.78 is 15.9. The van der Waals surface area contributed by atoms with Crippen molar-refractivity contribution in [3.05, 3.63) is 83.1 Å². The van der Waals surface area contributed by atoms with Crippen molar-refractivity contribution in [2.45, 2.75) is 89.5 Å². The summed E-state index contributed by atoms with van der Waals surface area (Å²) in [5.74, 6) is -0.176. The third-order valence-electron chi connectivity index (χ3n) is 11.0. The van der Waals surface area contributed by atoms with Gasteiger partial charge in [-0.25, -0.2) is 9.59 Å². The van der Waals surface area contributed by atoms with Gasteiger partial charge in [0.15, 0.2) is 0 Å². The van der Waals surface area contributed by atoms with Gasteiger partial charge in [0.1, 0.15) is 0 Å². The molecule has 49 heavy (non-hydrogen) atoms. The van der Waals surface area contributed by atoms with E-state index in [1.165, 1.54) is 18.7 Å². The van der Waals surface area contributed by atoms with Crippen molar-refractivity contribution in [3.63, 3.8) is 0 Å². The molecule has 8 heteroatoms. The van der Waals surface area contributed by atoms with Crippen LogP contribution in [0.4, 0.5) is 5.69 Å². The molecule has 3 aliphatic heterocycles. The van der Waals surface area contributed by atoms with Gasteiger partial charge < -0.3 is 19.1 Å². The van der Waals surface area contributed by atoms with Crippen molar-refractivity contribution in [2.75, 3.05) is 45.4 Å². The largest absolute Gasteiger partial charge is 0.504 e. The van der Waals surface area contributed by atoms with Crippen LogP contribution in [0.1, 0.15) is 87.8 Å². The number of carbonyl (C=O) groups is 3. The van der Waals surface area contributed by atoms with Gasteiger partial charge in [-0.3, -0.25) is 9.69 Å². The molecule has 8 nitrogen and oxygen atoms in total. The minimum Gasteiger partial charge on any atom is -0.504 e. The number of esters is 2. The summed E-state index contributed by atoms with van der Waals surface area (Å²) >= 11 is 0. The van der Waals surface area contributed by atoms with Gasteiger partial charge in [0.2, 0.25) is 5.91 Å². The van der Waals surface area contributed by atoms with E-state index in [4.69, 9.17) is 14.2 Å². The number of rotatable bonds is 16. The lowest BCUT2D eigenvalue weighted by Gasteiger charge is -2.45. The molecule has 0 N–H and O–H groups in total. The second kappa shape index (κ2) is 17.1. The van der Waals surface area contributed by atoms with Crippen LogP contribution in [0, 0.1) is 18.8 Å². The first-order valence-corrected chi connectivity index (χ1v) is 18.2. The zero-order valence-corrected chi connectivity index (χ0v) is 29.8. The molecule has 2 saturated heterocycles. The summed E-state index contributed by atoms with van der Waals surface area (Å²) in [6.07, 6.45) is 14.6. The second-order valence-corrected chi connectivity index (χ2v) is 13.9. The average molecular weight is 671 g/mol. The van der Waals surface area contributed by atoms with Crippen molar-refractivity contribution in [1.29, 1.82) is 0 Å². The Hall–Kier alpha value is -3.91. The minimum atomic E-state index is -0.595. The molecule has 264 valence electrons. The molecule has 0 aliphatic carbocycles. The maximum atomic E-state index is 14.6. The molecule has 0 bridgehead atoms. The predicted octanol–water partition coefficient (Wildman–Crippen LogP) is 7.39. The number of hydrogen-bond donors (Lipinski definition) is 0. The van der Waals surface area contributed by atoms with E-state index in [1.807, 2.05) is 42.2 Å². The molecule has 2 fully saturated rings. The van der Waals surface area contributed by atoms with Crippen LogP contribution in [0.15, 0.2) is 66.4 Å². The van der Waals surface area contributed by atoms with Crippen molar-refractivity contribution >= 4 is 29.6 Å². The van der Waals surface area contributed by atoms with Crippen molar-refractivity contribution in [1.82, 2.24) is 4.90 Å². The Balaban J connectivity index is 1.09. The monoisotopic (exact) mass is 670 g/mol. The molecule has 5 rings (SSSR count). The fourth-order valence-electron chi connectivity index (χ4n) is 8.37. The first-order chi connectivity index (χ1) is 23.8. The molecule has 4 atom stereocenters. The van der Waals surface area contributed by atoms with E-state index in [9.17, 15) is 14.4 Å². The molecular formula is C41H54N2O6. The fraction of sp³-hybridized carbons (Fsp3) is 0.537. The zero-order chi connectivity index (χ0) is 34.8. The molecule has 0 saturated carbocycles. The number of fused-ring (bicyclic) bond motifs is 4. The van der Waals surface area contributed by atoms with Gasteiger partial charge in [0.05, 0.1) is 38.1 Å². The Kier molecular flexibility index (Phi) is 12.7. The van der Waals surface area contributed by atoms with E-state index in [-0.39, 0.29) is 35.7 Å². The molecule has 2 aromatic rings. The third-order valence-corrected chi connectivity index (χ3v) is 11.0. The van der Waals surface area contributed by atoms with E-state index >= 15 is 0 Å². The van der Waals surface area contributed by atoms with E-state index in [0.29, 0.717) is 18.7 Å². The molecule has 1 spiro atoms. The van der Waals surface area contributed by atoms with Crippen LogP contribution in [0.3, 0.4) is 0 Å². The lowest BCUT2D eigenvalue weighted by molar-refractivity contribution is -0.138. The summed E-state index contributed by atoms with van der Waals surface area (Å²) in [4.78, 5) is 44.0. The SMILES string of the molecule is CC[C@H]1CN2CC[C@]3(C(=O)N(CCCCCCCCCOC(=O)C=Cc4ccc(C)cc4)c4ccccc43)C2C[C@@H]1/C(=C\OC)C(=O)OC. The summed E-state index contributed by atoms with van der Waals surface area (Å²) in [6, 6.07) is 16.4. The highest BCUT2D eigenvalue weighted by molar-refractivity contribution is 6.09. The summed E-state index contributed by atoms with van der Waals surface area (Å²) in [6.45, 7) is 7.11. The van der Waals surface area contributed by atoms with Crippen LogP contribution in [0.25, 0.3) is 6.08 Å². The van der Waals surface area contributed by atoms with Gasteiger partial charge in [-0.2, -0.15) is 0 Å². The van der Waals surface area contributed by atoms with Crippen LogP contribution >= 0.6 is 0 Å². The van der Waals surface area contributed by atoms with Crippen molar-refractivity contribution < 1.29 is 28.6 Å². The Morgan fingerprint density at radius 1 is 0.959 bits per heavy atom. The maximum absolute atomic E-state index is 14.6. The highest BCUT2D eigenvalue weighted by Crippen LogP contribution is 2.55. The summed E-state index contributed by atoms with van der Waals surface area (Å²) in [5.41, 5.74) is 4.34. The average Bonchev–Trinajstić information content (AvgIpc) is 3.61. The van der Waals surface area contributed by atoms with Crippen molar-refractivity contribution in [2.24, 2.45) is 11.8 Å². The summed E-state index contributed by atoms with van der Waals surface area (Å²) in [5, 5.41) is 0. The van der Waals surface area contributed by atoms with Gasteiger partial charge >= 0.3 is 11.9 Å². The smallest absolute Gasteiger partial charge is 0.337 e. The normalized spacial score (nSPS) is 23.6. The van der Waals surface area contributed by atoms with Gasteiger partial charge in [0.25, 0.3) is 0 Å². The highest BCUT2D eigenvalue weighted by atomic mass is 16.5. The molecule has 0 radical (unpaired) electrons. The third kappa shape index (κ3) is 8.12. The number of anilines is 1. The van der Waals surface area contributed by atoms with Crippen LogP contribution < -0.4 is 4.90 Å². The van der Waals surface area contributed by atoms with Crippen LogP contribution in [-0.4, -0.2) is 69.2 Å². The first kappa shape index (κ1) is 36.4. The Labute approximate surface area is 292 Å². The van der Waals surface area contributed by atoms with Crippen LogP contribution in [0.5, 0.6) is 0 Å². The second-order valence-electron chi connectivity index (χ2n) is 13.9. The topological polar surface area (TPSA) is 85.4 Å². The number of unbranched alkanes of at least 4 members (excludes halogenated alkanes) is 6. The minimum absolute atomic E-state index is 0.0207. The molecule has 3 heterocycles. The van der Waals surface area contributed by atoms with E-state index in [2.05, 4.69) is 30.0 Å². The highest BCUT2D eigenvalue weighted by Gasteiger charge is 2.62. The molecule has 3 aliphatic rings.